The molecular weight excluding hydrogens is 184 g/mol. The number of nitriles is 1. The average Bonchev–Trinajstić information content (AvgIpc) is 2.28. The number of benzene rings is 1. The van der Waals surface area contributed by atoms with Crippen LogP contribution in [-0.4, -0.2) is 25.0 Å². The van der Waals surface area contributed by atoms with Crippen LogP contribution in [0.2, 0.25) is 0 Å². The maximum Gasteiger partial charge on any atom is 0.0635 e. The van der Waals surface area contributed by atoms with Crippen molar-refractivity contribution in [3.63, 3.8) is 0 Å². The normalized spacial score (nSPS) is 10.7. The highest BCUT2D eigenvalue weighted by Gasteiger charge is 1.93. The van der Waals surface area contributed by atoms with Crippen LogP contribution >= 0.6 is 0 Å². The number of hydrogen-bond donors (Lipinski definition) is 0. The van der Waals surface area contributed by atoms with Crippen molar-refractivity contribution in [3.8, 4) is 6.07 Å². The van der Waals surface area contributed by atoms with E-state index in [1.165, 1.54) is 5.56 Å². The molecule has 0 heterocycles. The summed E-state index contributed by atoms with van der Waals surface area (Å²) >= 11 is 0. The van der Waals surface area contributed by atoms with Crippen LogP contribution in [0.3, 0.4) is 0 Å². The Bertz CT molecular complexity index is 335. The molecule has 0 fully saturated rings. The SMILES string of the molecule is CN(CC=Cc1ccccc1)CCC#N. The first-order chi connectivity index (χ1) is 7.33. The van der Waals surface area contributed by atoms with Crippen molar-refractivity contribution in [2.75, 3.05) is 20.1 Å². The Balaban J connectivity index is 2.31. The fraction of sp³-hybridized carbons (Fsp3) is 0.308. The second-order valence-electron chi connectivity index (χ2n) is 3.48. The average molecular weight is 200 g/mol. The van der Waals surface area contributed by atoms with E-state index < -0.39 is 0 Å². The smallest absolute Gasteiger partial charge is 0.0635 e. The van der Waals surface area contributed by atoms with Crippen LogP contribution in [0.15, 0.2) is 36.4 Å². The van der Waals surface area contributed by atoms with Gasteiger partial charge in [-0.15, -0.1) is 0 Å². The first kappa shape index (κ1) is 11.5. The van der Waals surface area contributed by atoms with Crippen LogP contribution < -0.4 is 0 Å². The summed E-state index contributed by atoms with van der Waals surface area (Å²) in [5, 5.41) is 8.42. The topological polar surface area (TPSA) is 27.0 Å². The summed E-state index contributed by atoms with van der Waals surface area (Å²) in [5.74, 6) is 0. The van der Waals surface area contributed by atoms with Gasteiger partial charge in [0.05, 0.1) is 6.07 Å². The van der Waals surface area contributed by atoms with Gasteiger partial charge < -0.3 is 4.90 Å². The molecule has 0 N–H and O–H groups in total. The quantitative estimate of drug-likeness (QED) is 0.730. The molecule has 78 valence electrons. The van der Waals surface area contributed by atoms with E-state index in [4.69, 9.17) is 5.26 Å². The maximum absolute atomic E-state index is 8.42. The molecule has 0 amide bonds. The number of rotatable bonds is 5. The van der Waals surface area contributed by atoms with E-state index in [-0.39, 0.29) is 0 Å². The van der Waals surface area contributed by atoms with E-state index in [9.17, 15) is 0 Å². The molecule has 0 saturated heterocycles. The fourth-order valence-corrected chi connectivity index (χ4v) is 1.27. The molecule has 0 aliphatic carbocycles. The van der Waals surface area contributed by atoms with E-state index >= 15 is 0 Å². The molecule has 0 aliphatic heterocycles. The molecule has 0 unspecified atom stereocenters. The molecular formula is C13H16N2. The molecule has 1 rings (SSSR count). The zero-order chi connectivity index (χ0) is 10.9. The summed E-state index contributed by atoms with van der Waals surface area (Å²) in [6.45, 7) is 1.71. The lowest BCUT2D eigenvalue weighted by molar-refractivity contribution is 0.380. The van der Waals surface area contributed by atoms with Crippen LogP contribution in [0.5, 0.6) is 0 Å². The van der Waals surface area contributed by atoms with Crippen LogP contribution in [0.1, 0.15) is 12.0 Å². The zero-order valence-corrected chi connectivity index (χ0v) is 9.06. The Kier molecular flexibility index (Phi) is 5.21. The fourth-order valence-electron chi connectivity index (χ4n) is 1.27. The Labute approximate surface area is 91.4 Å². The minimum absolute atomic E-state index is 0.593. The Morgan fingerprint density at radius 3 is 2.73 bits per heavy atom. The Hall–Kier alpha value is -1.59. The van der Waals surface area contributed by atoms with Crippen molar-refractivity contribution < 1.29 is 0 Å². The highest BCUT2D eigenvalue weighted by Crippen LogP contribution is 2.00. The number of hydrogen-bond acceptors (Lipinski definition) is 2. The molecule has 0 saturated carbocycles. The molecule has 2 heteroatoms. The molecule has 0 atom stereocenters. The molecule has 0 spiro atoms. The highest BCUT2D eigenvalue weighted by molar-refractivity contribution is 5.48. The first-order valence-corrected chi connectivity index (χ1v) is 5.10. The van der Waals surface area contributed by atoms with Crippen molar-refractivity contribution in [1.29, 1.82) is 5.26 Å². The summed E-state index contributed by atoms with van der Waals surface area (Å²) in [6.07, 6.45) is 4.81. The molecule has 1 aromatic carbocycles. The van der Waals surface area contributed by atoms with Gasteiger partial charge in [-0.05, 0) is 12.6 Å². The van der Waals surface area contributed by atoms with Crippen LogP contribution in [-0.2, 0) is 0 Å². The minimum atomic E-state index is 0.593. The van der Waals surface area contributed by atoms with E-state index in [0.717, 1.165) is 13.1 Å². The van der Waals surface area contributed by atoms with Gasteiger partial charge in [-0.2, -0.15) is 5.26 Å². The van der Waals surface area contributed by atoms with E-state index in [1.54, 1.807) is 0 Å². The third-order valence-electron chi connectivity index (χ3n) is 2.13. The number of likely N-dealkylation sites (N-methyl/N-ethyl adjacent to an activating group) is 1. The molecule has 2 nitrogen and oxygen atoms in total. The molecule has 0 aromatic heterocycles. The van der Waals surface area contributed by atoms with Crippen molar-refractivity contribution in [3.05, 3.63) is 42.0 Å². The van der Waals surface area contributed by atoms with Gasteiger partial charge >= 0.3 is 0 Å². The first-order valence-electron chi connectivity index (χ1n) is 5.10. The second-order valence-corrected chi connectivity index (χ2v) is 3.48. The summed E-state index contributed by atoms with van der Waals surface area (Å²) in [6, 6.07) is 12.4. The van der Waals surface area contributed by atoms with E-state index in [1.807, 2.05) is 25.2 Å². The van der Waals surface area contributed by atoms with Gasteiger partial charge in [0.1, 0.15) is 0 Å². The monoisotopic (exact) mass is 200 g/mol. The van der Waals surface area contributed by atoms with E-state index in [0.29, 0.717) is 6.42 Å². The standard InChI is InChI=1S/C13H16N2/c1-15(12-6-10-14)11-5-9-13-7-3-2-4-8-13/h2-5,7-9H,6,11-12H2,1H3. The van der Waals surface area contributed by atoms with Crippen molar-refractivity contribution in [2.24, 2.45) is 0 Å². The van der Waals surface area contributed by atoms with Gasteiger partial charge in [-0.25, -0.2) is 0 Å². The summed E-state index contributed by atoms with van der Waals surface area (Å²) < 4.78 is 0. The van der Waals surface area contributed by atoms with Gasteiger partial charge in [0.25, 0.3) is 0 Å². The summed E-state index contributed by atoms with van der Waals surface area (Å²) in [5.41, 5.74) is 1.21. The highest BCUT2D eigenvalue weighted by atomic mass is 15.1. The van der Waals surface area contributed by atoms with Gasteiger partial charge in [-0.1, -0.05) is 42.5 Å². The number of nitrogens with zero attached hydrogens (tertiary/aromatic N) is 2. The van der Waals surface area contributed by atoms with Gasteiger partial charge in [0, 0.05) is 19.5 Å². The third-order valence-corrected chi connectivity index (χ3v) is 2.13. The van der Waals surface area contributed by atoms with Gasteiger partial charge in [-0.3, -0.25) is 0 Å². The minimum Gasteiger partial charge on any atom is -0.302 e. The van der Waals surface area contributed by atoms with Crippen LogP contribution in [0.25, 0.3) is 6.08 Å². The van der Waals surface area contributed by atoms with Crippen molar-refractivity contribution in [2.45, 2.75) is 6.42 Å². The lowest BCUT2D eigenvalue weighted by atomic mass is 10.2. The molecule has 0 radical (unpaired) electrons. The second kappa shape index (κ2) is 6.80. The van der Waals surface area contributed by atoms with Crippen molar-refractivity contribution >= 4 is 6.08 Å². The van der Waals surface area contributed by atoms with Gasteiger partial charge in [0.15, 0.2) is 0 Å². The predicted molar refractivity (Wildman–Crippen MR) is 63.2 cm³/mol. The zero-order valence-electron chi connectivity index (χ0n) is 9.06. The lowest BCUT2D eigenvalue weighted by Crippen LogP contribution is -2.18. The Morgan fingerprint density at radius 1 is 1.33 bits per heavy atom. The maximum atomic E-state index is 8.42. The van der Waals surface area contributed by atoms with Crippen LogP contribution in [0, 0.1) is 11.3 Å². The predicted octanol–water partition coefficient (Wildman–Crippen LogP) is 2.55. The van der Waals surface area contributed by atoms with Crippen molar-refractivity contribution in [1.82, 2.24) is 4.90 Å². The lowest BCUT2D eigenvalue weighted by Gasteiger charge is -2.10. The van der Waals surface area contributed by atoms with Gasteiger partial charge in [0.2, 0.25) is 0 Å². The van der Waals surface area contributed by atoms with E-state index in [2.05, 4.69) is 35.3 Å². The van der Waals surface area contributed by atoms with Crippen LogP contribution in [0.4, 0.5) is 0 Å². The third kappa shape index (κ3) is 4.99. The molecule has 0 aliphatic rings. The largest absolute Gasteiger partial charge is 0.302 e. The summed E-state index contributed by atoms with van der Waals surface area (Å²) in [7, 11) is 2.02. The summed E-state index contributed by atoms with van der Waals surface area (Å²) in [4.78, 5) is 2.13. The Morgan fingerprint density at radius 2 is 2.07 bits per heavy atom. The molecule has 1 aromatic rings. The molecule has 15 heavy (non-hydrogen) atoms. The molecule has 0 bridgehead atoms.